The second-order valence-electron chi connectivity index (χ2n) is 3.04. The summed E-state index contributed by atoms with van der Waals surface area (Å²) in [5.41, 5.74) is 5.80. The van der Waals surface area contributed by atoms with E-state index in [0.717, 1.165) is 0 Å². The van der Waals surface area contributed by atoms with Gasteiger partial charge < -0.3 is 10.5 Å². The lowest BCUT2D eigenvalue weighted by Crippen LogP contribution is -2.00. The topological polar surface area (TPSA) is 35.2 Å². The standard InChI is InChI=1S/C12H13F2NO/c13-6-2-8-16-12-9-11(14)5-4-10(12)3-1-7-15/h4-5,9H,2,6-8,15H2. The van der Waals surface area contributed by atoms with Gasteiger partial charge in [0.2, 0.25) is 0 Å². The molecule has 16 heavy (non-hydrogen) atoms. The molecule has 0 bridgehead atoms. The molecule has 0 aromatic heterocycles. The summed E-state index contributed by atoms with van der Waals surface area (Å²) < 4.78 is 30.1. The van der Waals surface area contributed by atoms with E-state index in [1.165, 1.54) is 18.2 Å². The largest absolute Gasteiger partial charge is 0.492 e. The maximum Gasteiger partial charge on any atom is 0.137 e. The molecular formula is C12H13F2NO. The van der Waals surface area contributed by atoms with E-state index in [0.29, 0.717) is 11.3 Å². The Hall–Kier alpha value is -1.60. The first kappa shape index (κ1) is 12.5. The van der Waals surface area contributed by atoms with Gasteiger partial charge in [0.25, 0.3) is 0 Å². The first-order valence-corrected chi connectivity index (χ1v) is 4.95. The number of nitrogens with two attached hydrogens (primary N) is 1. The van der Waals surface area contributed by atoms with Crippen molar-refractivity contribution < 1.29 is 13.5 Å². The van der Waals surface area contributed by atoms with E-state index in [-0.39, 0.29) is 19.6 Å². The third-order valence-electron chi connectivity index (χ3n) is 1.80. The van der Waals surface area contributed by atoms with Crippen LogP contribution in [0.15, 0.2) is 18.2 Å². The van der Waals surface area contributed by atoms with E-state index in [1.807, 2.05) is 0 Å². The molecule has 0 fully saturated rings. The summed E-state index contributed by atoms with van der Waals surface area (Å²) in [7, 11) is 0. The van der Waals surface area contributed by atoms with Crippen LogP contribution >= 0.6 is 0 Å². The van der Waals surface area contributed by atoms with Crippen LogP contribution in [-0.4, -0.2) is 19.8 Å². The molecule has 0 saturated carbocycles. The Kier molecular flexibility index (Phi) is 5.30. The van der Waals surface area contributed by atoms with E-state index in [9.17, 15) is 8.78 Å². The molecule has 4 heteroatoms. The van der Waals surface area contributed by atoms with Crippen molar-refractivity contribution in [2.45, 2.75) is 6.42 Å². The number of ether oxygens (including phenoxy) is 1. The summed E-state index contributed by atoms with van der Waals surface area (Å²) in [5.74, 6) is 5.34. The number of alkyl halides is 1. The van der Waals surface area contributed by atoms with Crippen molar-refractivity contribution in [1.29, 1.82) is 0 Å². The van der Waals surface area contributed by atoms with Crippen molar-refractivity contribution >= 4 is 0 Å². The molecule has 0 amide bonds. The minimum atomic E-state index is -0.459. The predicted octanol–water partition coefficient (Wildman–Crippen LogP) is 1.87. The van der Waals surface area contributed by atoms with Crippen LogP contribution in [0, 0.1) is 17.7 Å². The highest BCUT2D eigenvalue weighted by molar-refractivity contribution is 5.46. The lowest BCUT2D eigenvalue weighted by atomic mass is 10.2. The van der Waals surface area contributed by atoms with Crippen LogP contribution in [0.1, 0.15) is 12.0 Å². The van der Waals surface area contributed by atoms with Gasteiger partial charge in [-0.05, 0) is 12.1 Å². The molecule has 0 heterocycles. The normalized spacial score (nSPS) is 9.44. The molecule has 0 saturated heterocycles. The number of benzene rings is 1. The lowest BCUT2D eigenvalue weighted by Gasteiger charge is -2.07. The van der Waals surface area contributed by atoms with Crippen LogP contribution in [-0.2, 0) is 0 Å². The average molecular weight is 225 g/mol. The van der Waals surface area contributed by atoms with Crippen molar-refractivity contribution in [3.63, 3.8) is 0 Å². The van der Waals surface area contributed by atoms with Gasteiger partial charge in [0, 0.05) is 12.5 Å². The Morgan fingerprint density at radius 2 is 2.19 bits per heavy atom. The molecule has 0 unspecified atom stereocenters. The van der Waals surface area contributed by atoms with Gasteiger partial charge >= 0.3 is 0 Å². The van der Waals surface area contributed by atoms with Crippen molar-refractivity contribution in [3.8, 4) is 17.6 Å². The summed E-state index contributed by atoms with van der Waals surface area (Å²) in [4.78, 5) is 0. The molecule has 0 aliphatic carbocycles. The Labute approximate surface area is 93.4 Å². The van der Waals surface area contributed by atoms with Gasteiger partial charge in [-0.3, -0.25) is 4.39 Å². The second kappa shape index (κ2) is 6.81. The summed E-state index contributed by atoms with van der Waals surface area (Å²) >= 11 is 0. The van der Waals surface area contributed by atoms with Crippen LogP contribution in [0.3, 0.4) is 0 Å². The first-order valence-electron chi connectivity index (χ1n) is 4.95. The summed E-state index contributed by atoms with van der Waals surface area (Å²) in [6.07, 6.45) is 0.278. The monoisotopic (exact) mass is 225 g/mol. The molecule has 0 spiro atoms. The highest BCUT2D eigenvalue weighted by atomic mass is 19.1. The number of hydrogen-bond donors (Lipinski definition) is 1. The second-order valence-corrected chi connectivity index (χ2v) is 3.04. The average Bonchev–Trinajstić information content (AvgIpc) is 2.28. The first-order chi connectivity index (χ1) is 7.77. The van der Waals surface area contributed by atoms with Crippen molar-refractivity contribution in [1.82, 2.24) is 0 Å². The third-order valence-corrected chi connectivity index (χ3v) is 1.80. The molecule has 0 aliphatic heterocycles. The zero-order valence-electron chi connectivity index (χ0n) is 8.80. The molecule has 0 atom stereocenters. The molecule has 1 aromatic rings. The fourth-order valence-corrected chi connectivity index (χ4v) is 1.10. The highest BCUT2D eigenvalue weighted by Gasteiger charge is 2.03. The third kappa shape index (κ3) is 3.87. The Balaban J connectivity index is 2.81. The van der Waals surface area contributed by atoms with Gasteiger partial charge in [-0.15, -0.1) is 0 Å². The van der Waals surface area contributed by atoms with Crippen molar-refractivity contribution in [2.75, 3.05) is 19.8 Å². The van der Waals surface area contributed by atoms with Crippen LogP contribution in [0.4, 0.5) is 8.78 Å². The van der Waals surface area contributed by atoms with Crippen LogP contribution in [0.5, 0.6) is 5.75 Å². The maximum atomic E-state index is 13.0. The van der Waals surface area contributed by atoms with Crippen LogP contribution in [0.25, 0.3) is 0 Å². The minimum Gasteiger partial charge on any atom is -0.492 e. The van der Waals surface area contributed by atoms with Gasteiger partial charge in [0.15, 0.2) is 0 Å². The lowest BCUT2D eigenvalue weighted by molar-refractivity contribution is 0.288. The molecule has 0 aliphatic rings. The van der Waals surface area contributed by atoms with Crippen LogP contribution in [0.2, 0.25) is 0 Å². The SMILES string of the molecule is NCC#Cc1ccc(F)cc1OCCCF. The smallest absolute Gasteiger partial charge is 0.137 e. The molecular weight excluding hydrogens is 212 g/mol. The molecule has 2 N–H and O–H groups in total. The number of hydrogen-bond acceptors (Lipinski definition) is 2. The highest BCUT2D eigenvalue weighted by Crippen LogP contribution is 2.19. The number of rotatable bonds is 4. The zero-order valence-corrected chi connectivity index (χ0v) is 8.80. The fourth-order valence-electron chi connectivity index (χ4n) is 1.10. The molecule has 2 nitrogen and oxygen atoms in total. The minimum absolute atomic E-state index is 0.206. The van der Waals surface area contributed by atoms with E-state index < -0.39 is 12.5 Å². The van der Waals surface area contributed by atoms with Gasteiger partial charge in [0.1, 0.15) is 11.6 Å². The van der Waals surface area contributed by atoms with E-state index in [2.05, 4.69) is 11.8 Å². The van der Waals surface area contributed by atoms with E-state index in [1.54, 1.807) is 0 Å². The summed E-state index contributed by atoms with van der Waals surface area (Å²) in [6, 6.07) is 4.05. The Bertz CT molecular complexity index is 396. The zero-order chi connectivity index (χ0) is 11.8. The van der Waals surface area contributed by atoms with Crippen LogP contribution < -0.4 is 10.5 Å². The Morgan fingerprint density at radius 1 is 1.38 bits per heavy atom. The van der Waals surface area contributed by atoms with Gasteiger partial charge in [-0.2, -0.15) is 0 Å². The van der Waals surface area contributed by atoms with Gasteiger partial charge in [-0.1, -0.05) is 11.8 Å². The molecule has 1 aromatic carbocycles. The van der Waals surface area contributed by atoms with E-state index >= 15 is 0 Å². The maximum absolute atomic E-state index is 13.0. The molecule has 86 valence electrons. The fraction of sp³-hybridized carbons (Fsp3) is 0.333. The van der Waals surface area contributed by atoms with E-state index in [4.69, 9.17) is 10.5 Å². The summed E-state index contributed by atoms with van der Waals surface area (Å²) in [6.45, 7) is -0.0301. The van der Waals surface area contributed by atoms with Gasteiger partial charge in [0.05, 0.1) is 25.4 Å². The molecule has 0 radical (unpaired) electrons. The summed E-state index contributed by atoms with van der Waals surface area (Å²) in [5, 5.41) is 0. The van der Waals surface area contributed by atoms with Crippen molar-refractivity contribution in [2.24, 2.45) is 5.73 Å². The van der Waals surface area contributed by atoms with Crippen molar-refractivity contribution in [3.05, 3.63) is 29.6 Å². The predicted molar refractivity (Wildman–Crippen MR) is 58.4 cm³/mol. The Morgan fingerprint density at radius 3 is 2.88 bits per heavy atom. The van der Waals surface area contributed by atoms with Gasteiger partial charge in [-0.25, -0.2) is 4.39 Å². The quantitative estimate of drug-likeness (QED) is 0.627. The molecule has 1 rings (SSSR count). The number of halogens is 2.